The molecule has 0 radical (unpaired) electrons. The van der Waals surface area contributed by atoms with E-state index in [0.29, 0.717) is 16.5 Å². The number of carbonyl (C=O) groups excluding carboxylic acids is 1. The van der Waals surface area contributed by atoms with Gasteiger partial charge in [-0.25, -0.2) is 4.98 Å². The number of hydrogen-bond donors (Lipinski definition) is 1. The Bertz CT molecular complexity index is 592. The summed E-state index contributed by atoms with van der Waals surface area (Å²) in [6, 6.07) is 5.35. The fourth-order valence-corrected chi connectivity index (χ4v) is 2.13. The smallest absolute Gasteiger partial charge is 0.273 e. The number of hydrogen-bond acceptors (Lipinski definition) is 2. The van der Waals surface area contributed by atoms with Crippen LogP contribution >= 0.6 is 27.5 Å². The van der Waals surface area contributed by atoms with Gasteiger partial charge in [-0.05, 0) is 48.0 Å². The molecular formula is C13H13BrClN3O. The summed E-state index contributed by atoms with van der Waals surface area (Å²) in [4.78, 5) is 16.3. The summed E-state index contributed by atoms with van der Waals surface area (Å²) in [7, 11) is 0. The lowest BCUT2D eigenvalue weighted by Gasteiger charge is -2.12. The van der Waals surface area contributed by atoms with Crippen molar-refractivity contribution in [2.45, 2.75) is 19.9 Å². The van der Waals surface area contributed by atoms with Gasteiger partial charge in [0.15, 0.2) is 0 Å². The van der Waals surface area contributed by atoms with E-state index in [-0.39, 0.29) is 11.9 Å². The highest BCUT2D eigenvalue weighted by Crippen LogP contribution is 2.20. The van der Waals surface area contributed by atoms with Gasteiger partial charge in [0.05, 0.1) is 5.02 Å². The van der Waals surface area contributed by atoms with Crippen molar-refractivity contribution in [2.24, 2.45) is 0 Å². The van der Waals surface area contributed by atoms with Crippen LogP contribution in [0.2, 0.25) is 5.02 Å². The minimum Gasteiger partial charge on any atom is -0.339 e. The van der Waals surface area contributed by atoms with Gasteiger partial charge in [0.1, 0.15) is 11.5 Å². The molecular weight excluding hydrogens is 330 g/mol. The van der Waals surface area contributed by atoms with Gasteiger partial charge in [-0.3, -0.25) is 4.79 Å². The summed E-state index contributed by atoms with van der Waals surface area (Å²) in [6.07, 6.45) is 3.38. The molecule has 19 heavy (non-hydrogen) atoms. The van der Waals surface area contributed by atoms with Crippen LogP contribution in [0.4, 0.5) is 5.82 Å². The third kappa shape index (κ3) is 3.36. The Morgan fingerprint density at radius 1 is 1.47 bits per heavy atom. The molecule has 0 aliphatic carbocycles. The highest BCUT2D eigenvalue weighted by atomic mass is 79.9. The van der Waals surface area contributed by atoms with Gasteiger partial charge in [-0.1, -0.05) is 11.6 Å². The standard InChI is InChI=1S/C13H13BrClN3O/c1-8(2)18-7-10(15)5-11(18)13(19)17-12-4-3-9(14)6-16-12/h3-8H,1-2H3,(H,16,17,19). The summed E-state index contributed by atoms with van der Waals surface area (Å²) in [6.45, 7) is 3.98. The first kappa shape index (κ1) is 14.1. The summed E-state index contributed by atoms with van der Waals surface area (Å²) in [5, 5.41) is 3.29. The Balaban J connectivity index is 2.22. The number of nitrogens with zero attached hydrogens (tertiary/aromatic N) is 2. The minimum atomic E-state index is -0.226. The van der Waals surface area contributed by atoms with Crippen molar-refractivity contribution in [3.05, 3.63) is 45.8 Å². The van der Waals surface area contributed by atoms with Crippen LogP contribution in [0.1, 0.15) is 30.4 Å². The SMILES string of the molecule is CC(C)n1cc(Cl)cc1C(=O)Nc1ccc(Br)cn1. The van der Waals surface area contributed by atoms with Crippen molar-refractivity contribution in [3.63, 3.8) is 0 Å². The van der Waals surface area contributed by atoms with E-state index in [4.69, 9.17) is 11.6 Å². The lowest BCUT2D eigenvalue weighted by Crippen LogP contribution is -2.18. The van der Waals surface area contributed by atoms with Crippen molar-refractivity contribution >= 4 is 39.3 Å². The normalized spacial score (nSPS) is 10.8. The molecule has 0 atom stereocenters. The summed E-state index contributed by atoms with van der Waals surface area (Å²) < 4.78 is 2.69. The van der Waals surface area contributed by atoms with E-state index >= 15 is 0 Å². The van der Waals surface area contributed by atoms with Gasteiger partial charge in [-0.15, -0.1) is 0 Å². The van der Waals surface area contributed by atoms with Crippen LogP contribution in [0.5, 0.6) is 0 Å². The zero-order chi connectivity index (χ0) is 14.0. The van der Waals surface area contributed by atoms with Crippen molar-refractivity contribution in [1.29, 1.82) is 0 Å². The molecule has 0 bridgehead atoms. The van der Waals surface area contributed by atoms with Gasteiger partial charge < -0.3 is 9.88 Å². The van der Waals surface area contributed by atoms with Gasteiger partial charge in [0.2, 0.25) is 0 Å². The van der Waals surface area contributed by atoms with Gasteiger partial charge in [0, 0.05) is 22.9 Å². The molecule has 2 heterocycles. The number of amides is 1. The first-order valence-corrected chi connectivity index (χ1v) is 6.94. The van der Waals surface area contributed by atoms with E-state index in [9.17, 15) is 4.79 Å². The summed E-state index contributed by atoms with van der Waals surface area (Å²) in [5.41, 5.74) is 0.518. The van der Waals surface area contributed by atoms with Crippen LogP contribution in [0.15, 0.2) is 35.1 Å². The molecule has 0 unspecified atom stereocenters. The Labute approximate surface area is 124 Å². The van der Waals surface area contributed by atoms with Crippen LogP contribution in [-0.2, 0) is 0 Å². The topological polar surface area (TPSA) is 46.9 Å². The number of carbonyl (C=O) groups is 1. The molecule has 0 aliphatic heterocycles. The Morgan fingerprint density at radius 2 is 2.21 bits per heavy atom. The van der Waals surface area contributed by atoms with Crippen molar-refractivity contribution < 1.29 is 4.79 Å². The van der Waals surface area contributed by atoms with Gasteiger partial charge >= 0.3 is 0 Å². The maximum atomic E-state index is 12.2. The molecule has 0 aromatic carbocycles. The van der Waals surface area contributed by atoms with E-state index in [0.717, 1.165) is 4.47 Å². The summed E-state index contributed by atoms with van der Waals surface area (Å²) >= 11 is 9.25. The zero-order valence-electron chi connectivity index (χ0n) is 10.5. The average Bonchev–Trinajstić information content (AvgIpc) is 2.74. The monoisotopic (exact) mass is 341 g/mol. The second-order valence-electron chi connectivity index (χ2n) is 4.36. The molecule has 4 nitrogen and oxygen atoms in total. The van der Waals surface area contributed by atoms with Gasteiger partial charge in [0.25, 0.3) is 5.91 Å². The number of pyridine rings is 1. The first-order chi connectivity index (χ1) is 8.97. The Morgan fingerprint density at radius 3 is 2.79 bits per heavy atom. The molecule has 0 spiro atoms. The Kier molecular flexibility index (Phi) is 4.27. The molecule has 0 fully saturated rings. The fourth-order valence-electron chi connectivity index (χ4n) is 1.68. The number of rotatable bonds is 3. The van der Waals surface area contributed by atoms with E-state index in [2.05, 4.69) is 26.2 Å². The van der Waals surface area contributed by atoms with Crippen LogP contribution in [0.25, 0.3) is 0 Å². The van der Waals surface area contributed by atoms with Crippen LogP contribution in [0.3, 0.4) is 0 Å². The van der Waals surface area contributed by atoms with E-state index in [1.165, 1.54) is 0 Å². The number of anilines is 1. The molecule has 1 amide bonds. The second-order valence-corrected chi connectivity index (χ2v) is 5.71. The van der Waals surface area contributed by atoms with Crippen molar-refractivity contribution in [3.8, 4) is 0 Å². The first-order valence-electron chi connectivity index (χ1n) is 5.77. The molecule has 6 heteroatoms. The van der Waals surface area contributed by atoms with E-state index in [1.807, 2.05) is 24.5 Å². The van der Waals surface area contributed by atoms with E-state index < -0.39 is 0 Å². The molecule has 0 saturated heterocycles. The molecule has 0 aliphatic rings. The molecule has 2 aromatic heterocycles. The molecule has 100 valence electrons. The maximum absolute atomic E-state index is 12.2. The average molecular weight is 343 g/mol. The number of nitrogens with one attached hydrogen (secondary N) is 1. The predicted molar refractivity (Wildman–Crippen MR) is 79.7 cm³/mol. The zero-order valence-corrected chi connectivity index (χ0v) is 12.9. The molecule has 1 N–H and O–H groups in total. The molecule has 0 saturated carbocycles. The fraction of sp³-hybridized carbons (Fsp3) is 0.231. The number of aromatic nitrogens is 2. The number of halogens is 2. The third-order valence-electron chi connectivity index (χ3n) is 2.57. The quantitative estimate of drug-likeness (QED) is 0.911. The minimum absolute atomic E-state index is 0.158. The Hall–Kier alpha value is -1.33. The lowest BCUT2D eigenvalue weighted by molar-refractivity contribution is 0.101. The van der Waals surface area contributed by atoms with Crippen molar-refractivity contribution in [1.82, 2.24) is 9.55 Å². The van der Waals surface area contributed by atoms with Crippen LogP contribution in [-0.4, -0.2) is 15.5 Å². The highest BCUT2D eigenvalue weighted by Gasteiger charge is 2.15. The summed E-state index contributed by atoms with van der Waals surface area (Å²) in [5.74, 6) is 0.274. The third-order valence-corrected chi connectivity index (χ3v) is 3.25. The second kappa shape index (κ2) is 5.75. The van der Waals surface area contributed by atoms with Crippen molar-refractivity contribution in [2.75, 3.05) is 5.32 Å². The maximum Gasteiger partial charge on any atom is 0.273 e. The van der Waals surface area contributed by atoms with Crippen LogP contribution < -0.4 is 5.32 Å². The van der Waals surface area contributed by atoms with E-state index in [1.54, 1.807) is 24.5 Å². The predicted octanol–water partition coefficient (Wildman–Crippen LogP) is 4.13. The van der Waals surface area contributed by atoms with Crippen LogP contribution in [0, 0.1) is 0 Å². The highest BCUT2D eigenvalue weighted by molar-refractivity contribution is 9.10. The lowest BCUT2D eigenvalue weighted by atomic mass is 10.3. The molecule has 2 rings (SSSR count). The largest absolute Gasteiger partial charge is 0.339 e. The molecule has 2 aromatic rings. The van der Waals surface area contributed by atoms with Gasteiger partial charge in [-0.2, -0.15) is 0 Å².